The van der Waals surface area contributed by atoms with Crippen molar-refractivity contribution >= 4 is 17.5 Å². The average molecular weight is 324 g/mol. The molecule has 1 aromatic heterocycles. The van der Waals surface area contributed by atoms with Gasteiger partial charge >= 0.3 is 0 Å². The van der Waals surface area contributed by atoms with E-state index in [1.54, 1.807) is 12.4 Å². The van der Waals surface area contributed by atoms with Crippen molar-refractivity contribution in [2.45, 2.75) is 51.5 Å². The van der Waals surface area contributed by atoms with Crippen molar-refractivity contribution < 1.29 is 4.79 Å². The van der Waals surface area contributed by atoms with Gasteiger partial charge in [0.25, 0.3) is 5.91 Å². The molecule has 1 aliphatic rings. The maximum absolute atomic E-state index is 12.3. The van der Waals surface area contributed by atoms with E-state index in [9.17, 15) is 4.79 Å². The normalized spacial score (nSPS) is 15.5. The first-order chi connectivity index (χ1) is 11.7. The Morgan fingerprint density at radius 2 is 1.71 bits per heavy atom. The molecule has 1 aromatic carbocycles. The van der Waals surface area contributed by atoms with Gasteiger partial charge in [-0.15, -0.1) is 0 Å². The molecule has 5 heteroatoms. The van der Waals surface area contributed by atoms with Crippen LogP contribution in [0.5, 0.6) is 0 Å². The highest BCUT2D eigenvalue weighted by Crippen LogP contribution is 2.18. The number of hydrogen-bond donors (Lipinski definition) is 2. The van der Waals surface area contributed by atoms with Crippen molar-refractivity contribution in [1.82, 2.24) is 15.3 Å². The zero-order valence-electron chi connectivity index (χ0n) is 14.1. The molecular formula is C19H24N4O. The second-order valence-electron chi connectivity index (χ2n) is 6.40. The van der Waals surface area contributed by atoms with Crippen molar-refractivity contribution in [3.8, 4) is 0 Å². The Hall–Kier alpha value is -2.43. The summed E-state index contributed by atoms with van der Waals surface area (Å²) in [6.45, 7) is 2.02. The molecule has 0 aliphatic heterocycles. The van der Waals surface area contributed by atoms with Gasteiger partial charge in [-0.3, -0.25) is 4.79 Å². The maximum Gasteiger partial charge on any atom is 0.254 e. The number of rotatable bonds is 4. The predicted octanol–water partition coefficient (Wildman–Crippen LogP) is 3.98. The van der Waals surface area contributed by atoms with Crippen LogP contribution in [0.2, 0.25) is 0 Å². The van der Waals surface area contributed by atoms with Crippen LogP contribution < -0.4 is 10.6 Å². The Morgan fingerprint density at radius 1 is 1.04 bits per heavy atom. The lowest BCUT2D eigenvalue weighted by Gasteiger charge is -2.16. The van der Waals surface area contributed by atoms with Crippen molar-refractivity contribution in [3.05, 3.63) is 47.8 Å². The van der Waals surface area contributed by atoms with Crippen LogP contribution in [0.15, 0.2) is 36.7 Å². The molecular weight excluding hydrogens is 300 g/mol. The minimum atomic E-state index is -0.0793. The monoisotopic (exact) mass is 324 g/mol. The summed E-state index contributed by atoms with van der Waals surface area (Å²) in [7, 11) is 0. The number of carbonyl (C=O) groups excluding carboxylic acids is 1. The molecule has 0 radical (unpaired) electrons. The van der Waals surface area contributed by atoms with Crippen LogP contribution in [0.3, 0.4) is 0 Å². The minimum Gasteiger partial charge on any atom is -0.349 e. The molecule has 3 rings (SSSR count). The second-order valence-corrected chi connectivity index (χ2v) is 6.40. The zero-order chi connectivity index (χ0) is 16.8. The SMILES string of the molecule is Cc1ccccc1Nc1ncc(C(=O)NC2CCCCCC2)cn1. The van der Waals surface area contributed by atoms with Crippen LogP contribution in [0.25, 0.3) is 0 Å². The van der Waals surface area contributed by atoms with Gasteiger partial charge in [0.1, 0.15) is 0 Å². The molecule has 1 amide bonds. The molecule has 126 valence electrons. The summed E-state index contributed by atoms with van der Waals surface area (Å²) in [4.78, 5) is 20.9. The summed E-state index contributed by atoms with van der Waals surface area (Å²) in [5.74, 6) is 0.416. The molecule has 1 saturated carbocycles. The van der Waals surface area contributed by atoms with E-state index < -0.39 is 0 Å². The molecule has 0 unspecified atom stereocenters. The van der Waals surface area contributed by atoms with Gasteiger partial charge in [0.2, 0.25) is 5.95 Å². The van der Waals surface area contributed by atoms with Gasteiger partial charge in [-0.05, 0) is 31.4 Å². The highest BCUT2D eigenvalue weighted by atomic mass is 16.1. The average Bonchev–Trinajstić information content (AvgIpc) is 2.86. The third-order valence-corrected chi connectivity index (χ3v) is 4.50. The quantitative estimate of drug-likeness (QED) is 0.835. The van der Waals surface area contributed by atoms with E-state index >= 15 is 0 Å². The van der Waals surface area contributed by atoms with Crippen molar-refractivity contribution in [2.24, 2.45) is 0 Å². The largest absolute Gasteiger partial charge is 0.349 e. The van der Waals surface area contributed by atoms with Crippen molar-refractivity contribution in [1.29, 1.82) is 0 Å². The predicted molar refractivity (Wildman–Crippen MR) is 95.4 cm³/mol. The van der Waals surface area contributed by atoms with Crippen LogP contribution in [-0.2, 0) is 0 Å². The molecule has 1 aliphatic carbocycles. The number of carbonyl (C=O) groups is 1. The van der Waals surface area contributed by atoms with Crippen LogP contribution >= 0.6 is 0 Å². The van der Waals surface area contributed by atoms with Gasteiger partial charge in [-0.25, -0.2) is 9.97 Å². The van der Waals surface area contributed by atoms with E-state index in [0.29, 0.717) is 11.5 Å². The fourth-order valence-corrected chi connectivity index (χ4v) is 3.04. The molecule has 2 aromatic rings. The van der Waals surface area contributed by atoms with Crippen LogP contribution in [0, 0.1) is 6.92 Å². The molecule has 0 spiro atoms. The van der Waals surface area contributed by atoms with E-state index in [1.165, 1.54) is 25.7 Å². The number of aromatic nitrogens is 2. The fourth-order valence-electron chi connectivity index (χ4n) is 3.04. The van der Waals surface area contributed by atoms with E-state index in [4.69, 9.17) is 0 Å². The molecule has 1 heterocycles. The summed E-state index contributed by atoms with van der Waals surface area (Å²) in [5, 5.41) is 6.29. The molecule has 0 atom stereocenters. The third-order valence-electron chi connectivity index (χ3n) is 4.50. The number of nitrogens with zero attached hydrogens (tertiary/aromatic N) is 2. The Morgan fingerprint density at radius 3 is 2.38 bits per heavy atom. The minimum absolute atomic E-state index is 0.0793. The lowest BCUT2D eigenvalue weighted by atomic mass is 10.1. The maximum atomic E-state index is 12.3. The summed E-state index contributed by atoms with van der Waals surface area (Å²) >= 11 is 0. The third kappa shape index (κ3) is 4.31. The Labute approximate surface area is 142 Å². The first-order valence-corrected chi connectivity index (χ1v) is 8.68. The number of para-hydroxylation sites is 1. The smallest absolute Gasteiger partial charge is 0.254 e. The van der Waals surface area contributed by atoms with Gasteiger partial charge in [-0.1, -0.05) is 43.9 Å². The summed E-state index contributed by atoms with van der Waals surface area (Å²) < 4.78 is 0. The summed E-state index contributed by atoms with van der Waals surface area (Å²) in [6.07, 6.45) is 10.2. The first kappa shape index (κ1) is 16.4. The van der Waals surface area contributed by atoms with E-state index in [1.807, 2.05) is 31.2 Å². The van der Waals surface area contributed by atoms with E-state index in [0.717, 1.165) is 24.1 Å². The van der Waals surface area contributed by atoms with Gasteiger partial charge in [0, 0.05) is 24.1 Å². The number of amides is 1. The number of nitrogens with one attached hydrogen (secondary N) is 2. The zero-order valence-corrected chi connectivity index (χ0v) is 14.1. The highest BCUT2D eigenvalue weighted by Gasteiger charge is 2.16. The van der Waals surface area contributed by atoms with E-state index in [2.05, 4.69) is 20.6 Å². The van der Waals surface area contributed by atoms with Crippen molar-refractivity contribution in [2.75, 3.05) is 5.32 Å². The second kappa shape index (κ2) is 7.90. The molecule has 1 fully saturated rings. The number of aryl methyl sites for hydroxylation is 1. The Balaban J connectivity index is 1.61. The van der Waals surface area contributed by atoms with Crippen LogP contribution in [0.4, 0.5) is 11.6 Å². The summed E-state index contributed by atoms with van der Waals surface area (Å²) in [5.41, 5.74) is 2.60. The van der Waals surface area contributed by atoms with Crippen LogP contribution in [-0.4, -0.2) is 21.9 Å². The standard InChI is InChI=1S/C19H24N4O/c1-14-8-6-7-11-17(14)23-19-20-12-15(13-21-19)18(24)22-16-9-4-2-3-5-10-16/h6-8,11-13,16H,2-5,9-10H2,1H3,(H,22,24)(H,20,21,23). The lowest BCUT2D eigenvalue weighted by molar-refractivity contribution is 0.0932. The topological polar surface area (TPSA) is 66.9 Å². The van der Waals surface area contributed by atoms with Gasteiger partial charge in [-0.2, -0.15) is 0 Å². The number of benzene rings is 1. The molecule has 2 N–H and O–H groups in total. The Bertz CT molecular complexity index is 676. The molecule has 24 heavy (non-hydrogen) atoms. The molecule has 0 bridgehead atoms. The van der Waals surface area contributed by atoms with Crippen LogP contribution in [0.1, 0.15) is 54.4 Å². The van der Waals surface area contributed by atoms with E-state index in [-0.39, 0.29) is 11.9 Å². The van der Waals surface area contributed by atoms with Crippen molar-refractivity contribution in [3.63, 3.8) is 0 Å². The fraction of sp³-hybridized carbons (Fsp3) is 0.421. The molecule has 5 nitrogen and oxygen atoms in total. The Kier molecular flexibility index (Phi) is 5.41. The number of hydrogen-bond acceptors (Lipinski definition) is 4. The lowest BCUT2D eigenvalue weighted by Crippen LogP contribution is -2.34. The highest BCUT2D eigenvalue weighted by molar-refractivity contribution is 5.93. The number of anilines is 2. The summed E-state index contributed by atoms with van der Waals surface area (Å²) in [6, 6.07) is 8.24. The van der Waals surface area contributed by atoms with Gasteiger partial charge in [0.05, 0.1) is 5.56 Å². The van der Waals surface area contributed by atoms with Gasteiger partial charge < -0.3 is 10.6 Å². The van der Waals surface area contributed by atoms with Gasteiger partial charge in [0.15, 0.2) is 0 Å². The molecule has 0 saturated heterocycles. The first-order valence-electron chi connectivity index (χ1n) is 8.68.